The number of amides is 1. The summed E-state index contributed by atoms with van der Waals surface area (Å²) >= 11 is 0. The van der Waals surface area contributed by atoms with E-state index in [-0.39, 0.29) is 23.7 Å². The van der Waals surface area contributed by atoms with Crippen molar-refractivity contribution in [2.45, 2.75) is 38.4 Å². The molecule has 5 nitrogen and oxygen atoms in total. The third kappa shape index (κ3) is 5.38. The van der Waals surface area contributed by atoms with Crippen molar-refractivity contribution in [3.8, 4) is 5.75 Å². The third-order valence-electron chi connectivity index (χ3n) is 5.06. The molecule has 1 amide bonds. The summed E-state index contributed by atoms with van der Waals surface area (Å²) in [6.45, 7) is 0.571. The van der Waals surface area contributed by atoms with Gasteiger partial charge in [0.15, 0.2) is 0 Å². The zero-order valence-corrected chi connectivity index (χ0v) is 14.8. The number of morpholine rings is 1. The molecule has 1 aliphatic carbocycles. The van der Waals surface area contributed by atoms with Crippen LogP contribution in [0.5, 0.6) is 5.75 Å². The minimum atomic E-state index is -2.84. The predicted octanol–water partition coefficient (Wildman–Crippen LogP) is 2.97. The molecule has 0 spiro atoms. The molecule has 1 N–H and O–H groups in total. The second-order valence-electron chi connectivity index (χ2n) is 6.88. The normalized spacial score (nSPS) is 21.9. The van der Waals surface area contributed by atoms with Gasteiger partial charge in [-0.3, -0.25) is 9.69 Å². The van der Waals surface area contributed by atoms with Gasteiger partial charge in [-0.05, 0) is 30.5 Å². The Morgan fingerprint density at radius 3 is 2.92 bits per heavy atom. The highest BCUT2D eigenvalue weighted by Crippen LogP contribution is 2.26. The van der Waals surface area contributed by atoms with Crippen molar-refractivity contribution in [1.82, 2.24) is 10.2 Å². The zero-order valence-electron chi connectivity index (χ0n) is 14.8. The van der Waals surface area contributed by atoms with Crippen LogP contribution in [-0.2, 0) is 9.53 Å². The van der Waals surface area contributed by atoms with E-state index in [4.69, 9.17) is 4.74 Å². The van der Waals surface area contributed by atoms with E-state index < -0.39 is 6.61 Å². The predicted molar refractivity (Wildman–Crippen MR) is 93.2 cm³/mol. The number of nitrogens with one attached hydrogen (secondary N) is 1. The highest BCUT2D eigenvalue weighted by Gasteiger charge is 2.24. The number of ether oxygens (including phenoxy) is 2. The van der Waals surface area contributed by atoms with E-state index in [0.29, 0.717) is 19.7 Å². The Bertz CT molecular complexity index is 594. The molecule has 1 heterocycles. The lowest BCUT2D eigenvalue weighted by Crippen LogP contribution is -2.43. The first-order valence-electron chi connectivity index (χ1n) is 9.28. The van der Waals surface area contributed by atoms with Crippen molar-refractivity contribution in [2.75, 3.05) is 32.8 Å². The molecule has 0 aromatic heterocycles. The van der Waals surface area contributed by atoms with Crippen molar-refractivity contribution in [3.63, 3.8) is 0 Å². The molecular weight excluding hydrogens is 342 g/mol. The van der Waals surface area contributed by atoms with E-state index in [1.54, 1.807) is 12.1 Å². The molecule has 144 valence electrons. The molecule has 1 unspecified atom stereocenters. The van der Waals surface area contributed by atoms with E-state index >= 15 is 0 Å². The van der Waals surface area contributed by atoms with Gasteiger partial charge in [-0.2, -0.15) is 8.78 Å². The Morgan fingerprint density at radius 2 is 2.15 bits per heavy atom. The molecular formula is C19H26F2N2O3. The summed E-state index contributed by atoms with van der Waals surface area (Å²) in [7, 11) is 0. The van der Waals surface area contributed by atoms with Gasteiger partial charge < -0.3 is 14.8 Å². The molecule has 2 aliphatic rings. The van der Waals surface area contributed by atoms with Gasteiger partial charge >= 0.3 is 6.61 Å². The van der Waals surface area contributed by atoms with E-state index in [2.05, 4.69) is 15.0 Å². The maximum atomic E-state index is 12.4. The van der Waals surface area contributed by atoms with E-state index in [9.17, 15) is 13.6 Å². The number of benzene rings is 1. The van der Waals surface area contributed by atoms with Crippen LogP contribution in [0.2, 0.25) is 0 Å². The van der Waals surface area contributed by atoms with Gasteiger partial charge in [-0.15, -0.1) is 0 Å². The van der Waals surface area contributed by atoms with Gasteiger partial charge in [0, 0.05) is 32.1 Å². The molecule has 0 radical (unpaired) electrons. The highest BCUT2D eigenvalue weighted by atomic mass is 19.3. The largest absolute Gasteiger partial charge is 0.435 e. The second-order valence-corrected chi connectivity index (χ2v) is 6.88. The summed E-state index contributed by atoms with van der Waals surface area (Å²) in [5.74, 6) is 0.497. The van der Waals surface area contributed by atoms with E-state index in [0.717, 1.165) is 44.3 Å². The fraction of sp³-hybridized carbons (Fsp3) is 0.632. The molecule has 1 aliphatic heterocycles. The van der Waals surface area contributed by atoms with Crippen LogP contribution in [0.1, 0.15) is 37.4 Å². The van der Waals surface area contributed by atoms with Crippen LogP contribution < -0.4 is 10.1 Å². The first-order chi connectivity index (χ1) is 12.6. The Kier molecular flexibility index (Phi) is 6.80. The maximum Gasteiger partial charge on any atom is 0.387 e. The molecule has 1 aromatic rings. The Balaban J connectivity index is 1.47. The summed E-state index contributed by atoms with van der Waals surface area (Å²) in [5, 5.41) is 3.03. The van der Waals surface area contributed by atoms with Gasteiger partial charge in [0.2, 0.25) is 5.91 Å². The lowest BCUT2D eigenvalue weighted by Gasteiger charge is -2.33. The van der Waals surface area contributed by atoms with Gasteiger partial charge in [0.05, 0.1) is 12.7 Å². The van der Waals surface area contributed by atoms with Crippen LogP contribution in [0.3, 0.4) is 0 Å². The standard InChI is InChI=1S/C19H26F2N2O3/c20-19(21)26-16-7-3-6-15(12-16)17-13-23(10-11-25-17)9-8-22-18(24)14-4-1-2-5-14/h3,6-7,12,14,17,19H,1-2,4-5,8-11,13H2,(H,22,24). The zero-order chi connectivity index (χ0) is 18.4. The van der Waals surface area contributed by atoms with Crippen LogP contribution in [0.25, 0.3) is 0 Å². The summed E-state index contributed by atoms with van der Waals surface area (Å²) in [5.41, 5.74) is 0.822. The van der Waals surface area contributed by atoms with Crippen molar-refractivity contribution in [3.05, 3.63) is 29.8 Å². The van der Waals surface area contributed by atoms with Crippen LogP contribution in [0, 0.1) is 5.92 Å². The Hall–Kier alpha value is -1.73. The molecule has 3 rings (SSSR count). The fourth-order valence-electron chi connectivity index (χ4n) is 3.67. The molecule has 1 saturated heterocycles. The van der Waals surface area contributed by atoms with Gasteiger partial charge in [0.1, 0.15) is 5.75 Å². The molecule has 2 fully saturated rings. The minimum absolute atomic E-state index is 0.141. The number of alkyl halides is 2. The van der Waals surface area contributed by atoms with Crippen molar-refractivity contribution >= 4 is 5.91 Å². The SMILES string of the molecule is O=C(NCCN1CCOC(c2cccc(OC(F)F)c2)C1)C1CCCC1. The summed E-state index contributed by atoms with van der Waals surface area (Å²) in [4.78, 5) is 14.3. The summed E-state index contributed by atoms with van der Waals surface area (Å²) in [6.07, 6.45) is 4.12. The first kappa shape index (κ1) is 19.0. The third-order valence-corrected chi connectivity index (χ3v) is 5.06. The molecule has 1 aromatic carbocycles. The number of rotatable bonds is 7. The van der Waals surface area contributed by atoms with Crippen molar-refractivity contribution in [2.24, 2.45) is 5.92 Å². The van der Waals surface area contributed by atoms with Crippen molar-refractivity contribution < 1.29 is 23.0 Å². The average Bonchev–Trinajstić information content (AvgIpc) is 3.16. The molecule has 1 atom stereocenters. The Morgan fingerprint density at radius 1 is 1.35 bits per heavy atom. The number of carbonyl (C=O) groups is 1. The fourth-order valence-corrected chi connectivity index (χ4v) is 3.67. The van der Waals surface area contributed by atoms with Crippen molar-refractivity contribution in [1.29, 1.82) is 0 Å². The quantitative estimate of drug-likeness (QED) is 0.804. The van der Waals surface area contributed by atoms with Gasteiger partial charge in [-0.1, -0.05) is 25.0 Å². The molecule has 7 heteroatoms. The summed E-state index contributed by atoms with van der Waals surface area (Å²) < 4.78 is 35.0. The first-order valence-corrected chi connectivity index (χ1v) is 9.28. The number of carbonyl (C=O) groups excluding carboxylic acids is 1. The monoisotopic (exact) mass is 368 g/mol. The van der Waals surface area contributed by atoms with Crippen LogP contribution in [-0.4, -0.2) is 50.2 Å². The molecule has 0 bridgehead atoms. The number of hydrogen-bond donors (Lipinski definition) is 1. The van der Waals surface area contributed by atoms with Crippen LogP contribution in [0.15, 0.2) is 24.3 Å². The second kappa shape index (κ2) is 9.28. The molecule has 1 saturated carbocycles. The number of hydrogen-bond acceptors (Lipinski definition) is 4. The number of nitrogens with zero attached hydrogens (tertiary/aromatic N) is 1. The minimum Gasteiger partial charge on any atom is -0.435 e. The van der Waals surface area contributed by atoms with Crippen LogP contribution >= 0.6 is 0 Å². The topological polar surface area (TPSA) is 50.8 Å². The maximum absolute atomic E-state index is 12.4. The summed E-state index contributed by atoms with van der Waals surface area (Å²) in [6, 6.07) is 6.66. The lowest BCUT2D eigenvalue weighted by molar-refractivity contribution is -0.124. The van der Waals surface area contributed by atoms with E-state index in [1.807, 2.05) is 6.07 Å². The van der Waals surface area contributed by atoms with Gasteiger partial charge in [-0.25, -0.2) is 0 Å². The molecule has 26 heavy (non-hydrogen) atoms. The highest BCUT2D eigenvalue weighted by molar-refractivity contribution is 5.78. The lowest BCUT2D eigenvalue weighted by atomic mass is 10.1. The average molecular weight is 368 g/mol. The van der Waals surface area contributed by atoms with Crippen LogP contribution in [0.4, 0.5) is 8.78 Å². The van der Waals surface area contributed by atoms with Gasteiger partial charge in [0.25, 0.3) is 0 Å². The van der Waals surface area contributed by atoms with E-state index in [1.165, 1.54) is 6.07 Å². The Labute approximate surface area is 152 Å². The number of halogens is 2. The smallest absolute Gasteiger partial charge is 0.387 e.